The van der Waals surface area contributed by atoms with E-state index < -0.39 is 10.0 Å². The van der Waals surface area contributed by atoms with E-state index >= 15 is 0 Å². The van der Waals surface area contributed by atoms with Crippen molar-refractivity contribution in [2.45, 2.75) is 4.90 Å². The van der Waals surface area contributed by atoms with E-state index in [4.69, 9.17) is 0 Å². The number of nitrogens with one attached hydrogen (secondary N) is 2. The number of aromatic nitrogens is 3. The molecule has 17 heavy (non-hydrogen) atoms. The lowest BCUT2D eigenvalue weighted by molar-refractivity contribution is 0.600. The van der Waals surface area contributed by atoms with Crippen molar-refractivity contribution >= 4 is 32.3 Å². The molecule has 2 N–H and O–H groups in total. The van der Waals surface area contributed by atoms with Crippen LogP contribution in [0.4, 0.5) is 10.9 Å². The maximum Gasteiger partial charge on any atom is 0.265 e. The molecule has 2 heterocycles. The van der Waals surface area contributed by atoms with E-state index in [0.717, 1.165) is 11.3 Å². The summed E-state index contributed by atoms with van der Waals surface area (Å²) in [6.07, 6.45) is 1.27. The van der Waals surface area contributed by atoms with Crippen LogP contribution in [0.25, 0.3) is 0 Å². The Morgan fingerprint density at radius 2 is 2.18 bits per heavy atom. The van der Waals surface area contributed by atoms with Crippen LogP contribution in [0, 0.1) is 0 Å². The SMILES string of the molecule is CNc1ccc(S(=O)(=O)Nc2nncs2)cn1. The number of sulfonamides is 1. The third kappa shape index (κ3) is 2.68. The maximum absolute atomic E-state index is 11.9. The van der Waals surface area contributed by atoms with Crippen LogP contribution in [0.5, 0.6) is 0 Å². The van der Waals surface area contributed by atoms with Gasteiger partial charge in [0.1, 0.15) is 16.2 Å². The van der Waals surface area contributed by atoms with Gasteiger partial charge in [-0.3, -0.25) is 4.72 Å². The van der Waals surface area contributed by atoms with Gasteiger partial charge in [0.25, 0.3) is 10.0 Å². The largest absolute Gasteiger partial charge is 0.373 e. The van der Waals surface area contributed by atoms with Crippen LogP contribution in [0.2, 0.25) is 0 Å². The number of nitrogens with zero attached hydrogens (tertiary/aromatic N) is 3. The number of pyridine rings is 1. The third-order valence-electron chi connectivity index (χ3n) is 1.88. The van der Waals surface area contributed by atoms with Crippen molar-refractivity contribution in [3.05, 3.63) is 23.8 Å². The molecule has 0 unspecified atom stereocenters. The molecule has 0 spiro atoms. The zero-order chi connectivity index (χ0) is 12.3. The molecular formula is C8H9N5O2S2. The molecule has 0 saturated heterocycles. The molecule has 0 aromatic carbocycles. The standard InChI is InChI=1S/C8H9N5O2S2/c1-9-7-3-2-6(4-10-7)17(14,15)13-8-12-11-5-16-8/h2-5H,1H3,(H,9,10)(H,12,13). The van der Waals surface area contributed by atoms with Gasteiger partial charge in [-0.25, -0.2) is 13.4 Å². The van der Waals surface area contributed by atoms with Crippen molar-refractivity contribution < 1.29 is 8.42 Å². The summed E-state index contributed by atoms with van der Waals surface area (Å²) < 4.78 is 26.0. The summed E-state index contributed by atoms with van der Waals surface area (Å²) in [5, 5.41) is 10.2. The van der Waals surface area contributed by atoms with Gasteiger partial charge in [0, 0.05) is 13.2 Å². The Hall–Kier alpha value is -1.74. The zero-order valence-electron chi connectivity index (χ0n) is 8.78. The fourth-order valence-electron chi connectivity index (χ4n) is 1.08. The molecule has 7 nitrogen and oxygen atoms in total. The van der Waals surface area contributed by atoms with Crippen LogP contribution < -0.4 is 10.0 Å². The molecule has 0 aliphatic rings. The summed E-state index contributed by atoms with van der Waals surface area (Å²) in [4.78, 5) is 4.01. The number of hydrogen-bond donors (Lipinski definition) is 2. The van der Waals surface area contributed by atoms with E-state index in [-0.39, 0.29) is 10.0 Å². The molecule has 2 aromatic rings. The van der Waals surface area contributed by atoms with Gasteiger partial charge in [-0.2, -0.15) is 0 Å². The van der Waals surface area contributed by atoms with Crippen molar-refractivity contribution in [3.63, 3.8) is 0 Å². The average molecular weight is 271 g/mol. The lowest BCUT2D eigenvalue weighted by atomic mass is 10.5. The summed E-state index contributed by atoms with van der Waals surface area (Å²) in [6, 6.07) is 3.04. The highest BCUT2D eigenvalue weighted by atomic mass is 32.2. The van der Waals surface area contributed by atoms with E-state index in [9.17, 15) is 8.42 Å². The summed E-state index contributed by atoms with van der Waals surface area (Å²) >= 11 is 1.11. The summed E-state index contributed by atoms with van der Waals surface area (Å²) in [6.45, 7) is 0. The Kier molecular flexibility index (Phi) is 3.20. The van der Waals surface area contributed by atoms with Crippen LogP contribution >= 0.6 is 11.3 Å². The van der Waals surface area contributed by atoms with Crippen LogP contribution in [0.15, 0.2) is 28.7 Å². The molecule has 0 fully saturated rings. The maximum atomic E-state index is 11.9. The van der Waals surface area contributed by atoms with Crippen molar-refractivity contribution in [1.29, 1.82) is 0 Å². The molecule has 0 aliphatic carbocycles. The quantitative estimate of drug-likeness (QED) is 0.852. The van der Waals surface area contributed by atoms with Crippen molar-refractivity contribution in [2.24, 2.45) is 0 Å². The number of anilines is 2. The van der Waals surface area contributed by atoms with E-state index in [2.05, 4.69) is 25.2 Å². The lowest BCUT2D eigenvalue weighted by Crippen LogP contribution is -2.13. The normalized spacial score (nSPS) is 11.1. The minimum Gasteiger partial charge on any atom is -0.373 e. The van der Waals surface area contributed by atoms with Gasteiger partial charge < -0.3 is 5.32 Å². The Labute approximate surface area is 102 Å². The molecule has 9 heteroatoms. The molecule has 2 aromatic heterocycles. The first-order chi connectivity index (χ1) is 8.12. The first-order valence-electron chi connectivity index (χ1n) is 4.54. The second kappa shape index (κ2) is 4.63. The Morgan fingerprint density at radius 3 is 2.71 bits per heavy atom. The molecule has 90 valence electrons. The number of rotatable bonds is 4. The predicted molar refractivity (Wildman–Crippen MR) is 64.5 cm³/mol. The van der Waals surface area contributed by atoms with Gasteiger partial charge in [-0.1, -0.05) is 11.3 Å². The Bertz CT molecular complexity index is 579. The molecule has 0 amide bonds. The van der Waals surface area contributed by atoms with Gasteiger partial charge in [0.05, 0.1) is 0 Å². The van der Waals surface area contributed by atoms with Gasteiger partial charge in [0.15, 0.2) is 0 Å². The van der Waals surface area contributed by atoms with Gasteiger partial charge in [0.2, 0.25) is 5.13 Å². The average Bonchev–Trinajstić information content (AvgIpc) is 2.81. The minimum atomic E-state index is -3.64. The zero-order valence-corrected chi connectivity index (χ0v) is 10.4. The highest BCUT2D eigenvalue weighted by Gasteiger charge is 2.15. The molecule has 0 saturated carbocycles. The van der Waals surface area contributed by atoms with Crippen molar-refractivity contribution in [3.8, 4) is 0 Å². The van der Waals surface area contributed by atoms with E-state index in [1.165, 1.54) is 17.8 Å². The highest BCUT2D eigenvalue weighted by Crippen LogP contribution is 2.16. The van der Waals surface area contributed by atoms with Crippen molar-refractivity contribution in [1.82, 2.24) is 15.2 Å². The number of hydrogen-bond acceptors (Lipinski definition) is 7. The van der Waals surface area contributed by atoms with Crippen LogP contribution in [0.3, 0.4) is 0 Å². The molecule has 0 atom stereocenters. The van der Waals surface area contributed by atoms with Crippen LogP contribution in [-0.4, -0.2) is 30.6 Å². The fraction of sp³-hybridized carbons (Fsp3) is 0.125. The second-order valence-corrected chi connectivity index (χ2v) is 5.49. The molecule has 0 aliphatic heterocycles. The fourth-order valence-corrected chi connectivity index (χ4v) is 2.72. The summed E-state index contributed by atoms with van der Waals surface area (Å²) in [7, 11) is -1.94. The van der Waals surface area contributed by atoms with Gasteiger partial charge >= 0.3 is 0 Å². The lowest BCUT2D eigenvalue weighted by Gasteiger charge is -2.04. The molecule has 0 bridgehead atoms. The molecule has 2 rings (SSSR count). The second-order valence-electron chi connectivity index (χ2n) is 2.98. The third-order valence-corrected chi connectivity index (χ3v) is 3.94. The summed E-state index contributed by atoms with van der Waals surface area (Å²) in [5.41, 5.74) is 1.44. The topological polar surface area (TPSA) is 96.9 Å². The highest BCUT2D eigenvalue weighted by molar-refractivity contribution is 7.93. The van der Waals surface area contributed by atoms with Gasteiger partial charge in [-0.15, -0.1) is 10.2 Å². The van der Waals surface area contributed by atoms with Crippen LogP contribution in [0.1, 0.15) is 0 Å². The molecule has 0 radical (unpaired) electrons. The smallest absolute Gasteiger partial charge is 0.265 e. The summed E-state index contributed by atoms with van der Waals surface area (Å²) in [5.74, 6) is 0.597. The predicted octanol–water partition coefficient (Wildman–Crippen LogP) is 0.776. The Balaban J connectivity index is 2.25. The van der Waals surface area contributed by atoms with Gasteiger partial charge in [-0.05, 0) is 12.1 Å². The first-order valence-corrected chi connectivity index (χ1v) is 6.91. The van der Waals surface area contributed by atoms with E-state index in [1.54, 1.807) is 13.1 Å². The monoisotopic (exact) mass is 271 g/mol. The molecular weight excluding hydrogens is 262 g/mol. The van der Waals surface area contributed by atoms with Crippen molar-refractivity contribution in [2.75, 3.05) is 17.1 Å². The van der Waals surface area contributed by atoms with Crippen LogP contribution in [-0.2, 0) is 10.0 Å². The van der Waals surface area contributed by atoms with E-state index in [0.29, 0.717) is 5.82 Å². The minimum absolute atomic E-state index is 0.0756. The van der Waals surface area contributed by atoms with E-state index in [1.807, 2.05) is 0 Å². The Morgan fingerprint density at radius 1 is 1.35 bits per heavy atom. The first kappa shape index (κ1) is 11.7.